The van der Waals surface area contributed by atoms with Gasteiger partial charge in [0.25, 0.3) is 0 Å². The SMILES string of the molecule is CCC1(CO)CCC(Cc2nc(Cc3cccc(C)c3)n(-c3ccc(S(N)(=O)=O)cc3F)n2)C1. The summed E-state index contributed by atoms with van der Waals surface area (Å²) in [7, 11) is -4.02. The molecule has 0 aliphatic heterocycles. The van der Waals surface area contributed by atoms with Crippen molar-refractivity contribution in [3.05, 3.63) is 71.1 Å². The molecular formula is C25H31FN4O3S. The van der Waals surface area contributed by atoms with Crippen molar-refractivity contribution in [1.29, 1.82) is 0 Å². The number of halogens is 1. The van der Waals surface area contributed by atoms with Crippen LogP contribution in [0.5, 0.6) is 0 Å². The van der Waals surface area contributed by atoms with Gasteiger partial charge < -0.3 is 5.11 Å². The summed E-state index contributed by atoms with van der Waals surface area (Å²) in [6.45, 7) is 4.30. The van der Waals surface area contributed by atoms with E-state index in [0.717, 1.165) is 42.9 Å². The van der Waals surface area contributed by atoms with E-state index in [4.69, 9.17) is 10.1 Å². The molecule has 1 aliphatic carbocycles. The van der Waals surface area contributed by atoms with Gasteiger partial charge in [-0.25, -0.2) is 27.6 Å². The largest absolute Gasteiger partial charge is 0.396 e. The molecule has 0 bridgehead atoms. The number of aromatic nitrogens is 3. The van der Waals surface area contributed by atoms with Gasteiger partial charge in [-0.3, -0.25) is 0 Å². The van der Waals surface area contributed by atoms with E-state index in [1.807, 2.05) is 31.2 Å². The van der Waals surface area contributed by atoms with E-state index in [2.05, 4.69) is 12.0 Å². The number of sulfonamides is 1. The fourth-order valence-electron chi connectivity index (χ4n) is 4.96. The average Bonchev–Trinajstić information content (AvgIpc) is 3.37. The molecular weight excluding hydrogens is 455 g/mol. The molecule has 0 amide bonds. The van der Waals surface area contributed by atoms with Crippen LogP contribution in [0.15, 0.2) is 47.4 Å². The molecule has 1 fully saturated rings. The third-order valence-corrected chi connectivity index (χ3v) is 7.91. The molecule has 2 atom stereocenters. The van der Waals surface area contributed by atoms with Crippen LogP contribution in [0.3, 0.4) is 0 Å². The summed E-state index contributed by atoms with van der Waals surface area (Å²) < 4.78 is 39.7. The molecule has 0 saturated heterocycles. The third-order valence-electron chi connectivity index (χ3n) is 7.00. The van der Waals surface area contributed by atoms with Gasteiger partial charge in [0.2, 0.25) is 10.0 Å². The number of aliphatic hydroxyl groups is 1. The zero-order valence-electron chi connectivity index (χ0n) is 19.5. The summed E-state index contributed by atoms with van der Waals surface area (Å²) in [6, 6.07) is 11.6. The third kappa shape index (κ3) is 5.21. The zero-order chi connectivity index (χ0) is 24.5. The molecule has 1 saturated carbocycles. The van der Waals surface area contributed by atoms with Gasteiger partial charge in [-0.2, -0.15) is 5.10 Å². The number of benzene rings is 2. The smallest absolute Gasteiger partial charge is 0.238 e. The monoisotopic (exact) mass is 486 g/mol. The molecule has 1 aromatic heterocycles. The number of aliphatic hydroxyl groups excluding tert-OH is 1. The van der Waals surface area contributed by atoms with E-state index in [0.29, 0.717) is 30.4 Å². The van der Waals surface area contributed by atoms with Gasteiger partial charge in [0.15, 0.2) is 5.82 Å². The van der Waals surface area contributed by atoms with E-state index in [1.165, 1.54) is 16.8 Å². The summed E-state index contributed by atoms with van der Waals surface area (Å²) in [5.74, 6) is 0.807. The number of hydrogen-bond donors (Lipinski definition) is 2. The molecule has 0 radical (unpaired) electrons. The van der Waals surface area contributed by atoms with Crippen molar-refractivity contribution >= 4 is 10.0 Å². The first-order chi connectivity index (χ1) is 16.1. The molecule has 34 heavy (non-hydrogen) atoms. The highest BCUT2D eigenvalue weighted by atomic mass is 32.2. The van der Waals surface area contributed by atoms with Crippen LogP contribution >= 0.6 is 0 Å². The minimum atomic E-state index is -4.02. The maximum atomic E-state index is 15.0. The molecule has 1 heterocycles. The van der Waals surface area contributed by atoms with E-state index in [-0.39, 0.29) is 22.6 Å². The van der Waals surface area contributed by atoms with Crippen LogP contribution < -0.4 is 5.14 Å². The van der Waals surface area contributed by atoms with Gasteiger partial charge in [0, 0.05) is 19.4 Å². The Morgan fingerprint density at radius 1 is 1.26 bits per heavy atom. The quantitative estimate of drug-likeness (QED) is 0.505. The van der Waals surface area contributed by atoms with Crippen molar-refractivity contribution in [3.63, 3.8) is 0 Å². The van der Waals surface area contributed by atoms with Crippen molar-refractivity contribution in [2.75, 3.05) is 6.61 Å². The van der Waals surface area contributed by atoms with E-state index >= 15 is 4.39 Å². The summed E-state index contributed by atoms with van der Waals surface area (Å²) in [6.07, 6.45) is 4.91. The second-order valence-corrected chi connectivity index (χ2v) is 11.1. The first kappa shape index (κ1) is 24.5. The number of aryl methyl sites for hydroxylation is 1. The van der Waals surface area contributed by atoms with Crippen molar-refractivity contribution in [1.82, 2.24) is 14.8 Å². The Bertz CT molecular complexity index is 1290. The van der Waals surface area contributed by atoms with Gasteiger partial charge in [-0.15, -0.1) is 0 Å². The second-order valence-electron chi connectivity index (χ2n) is 9.50. The number of hydrogen-bond acceptors (Lipinski definition) is 5. The Kier molecular flexibility index (Phi) is 6.89. The van der Waals surface area contributed by atoms with Crippen LogP contribution in [-0.4, -0.2) is 34.9 Å². The van der Waals surface area contributed by atoms with Crippen molar-refractivity contribution < 1.29 is 17.9 Å². The molecule has 2 aromatic carbocycles. The molecule has 3 aromatic rings. The van der Waals surface area contributed by atoms with E-state index in [9.17, 15) is 13.5 Å². The van der Waals surface area contributed by atoms with Crippen LogP contribution in [0.25, 0.3) is 5.69 Å². The minimum absolute atomic E-state index is 0.0344. The first-order valence-corrected chi connectivity index (χ1v) is 13.1. The lowest BCUT2D eigenvalue weighted by atomic mass is 9.83. The fraction of sp³-hybridized carbons (Fsp3) is 0.440. The summed E-state index contributed by atoms with van der Waals surface area (Å²) in [4.78, 5) is 4.47. The highest BCUT2D eigenvalue weighted by molar-refractivity contribution is 7.89. The van der Waals surface area contributed by atoms with Gasteiger partial charge in [0.1, 0.15) is 17.3 Å². The highest BCUT2D eigenvalue weighted by Gasteiger charge is 2.37. The van der Waals surface area contributed by atoms with Crippen molar-refractivity contribution in [2.24, 2.45) is 16.5 Å². The van der Waals surface area contributed by atoms with E-state index in [1.54, 1.807) is 0 Å². The molecule has 2 unspecified atom stereocenters. The van der Waals surface area contributed by atoms with Crippen LogP contribution in [0.4, 0.5) is 4.39 Å². The Balaban J connectivity index is 1.69. The number of nitrogens with two attached hydrogens (primary N) is 1. The topological polar surface area (TPSA) is 111 Å². The van der Waals surface area contributed by atoms with Gasteiger partial charge in [0.05, 0.1) is 4.90 Å². The van der Waals surface area contributed by atoms with Crippen LogP contribution in [0, 0.1) is 24.1 Å². The normalized spacial score (nSPS) is 20.7. The highest BCUT2D eigenvalue weighted by Crippen LogP contribution is 2.44. The summed E-state index contributed by atoms with van der Waals surface area (Å²) in [5.41, 5.74) is 2.22. The average molecular weight is 487 g/mol. The molecule has 3 N–H and O–H groups in total. The number of rotatable bonds is 8. The number of primary sulfonamides is 1. The molecule has 9 heteroatoms. The van der Waals surface area contributed by atoms with Gasteiger partial charge in [-0.1, -0.05) is 36.8 Å². The first-order valence-electron chi connectivity index (χ1n) is 11.6. The Morgan fingerprint density at radius 2 is 2.06 bits per heavy atom. The Morgan fingerprint density at radius 3 is 2.68 bits per heavy atom. The minimum Gasteiger partial charge on any atom is -0.396 e. The predicted octanol–water partition coefficient (Wildman–Crippen LogP) is 3.68. The Labute approximate surface area is 199 Å². The second kappa shape index (κ2) is 9.56. The maximum Gasteiger partial charge on any atom is 0.238 e. The van der Waals surface area contributed by atoms with Gasteiger partial charge in [-0.05, 0) is 67.7 Å². The van der Waals surface area contributed by atoms with Crippen LogP contribution in [0.1, 0.15) is 55.4 Å². The molecule has 1 aliphatic rings. The lowest BCUT2D eigenvalue weighted by Crippen LogP contribution is -2.21. The number of nitrogens with zero attached hydrogens (tertiary/aromatic N) is 3. The van der Waals surface area contributed by atoms with E-state index < -0.39 is 15.8 Å². The zero-order valence-corrected chi connectivity index (χ0v) is 20.4. The molecule has 4 rings (SSSR count). The molecule has 0 spiro atoms. The van der Waals surface area contributed by atoms with Crippen LogP contribution in [-0.2, 0) is 22.9 Å². The fourth-order valence-corrected chi connectivity index (χ4v) is 5.49. The van der Waals surface area contributed by atoms with Crippen molar-refractivity contribution in [2.45, 2.75) is 57.3 Å². The van der Waals surface area contributed by atoms with Crippen molar-refractivity contribution in [3.8, 4) is 5.69 Å². The maximum absolute atomic E-state index is 15.0. The molecule has 182 valence electrons. The van der Waals surface area contributed by atoms with Crippen LogP contribution in [0.2, 0.25) is 0 Å². The summed E-state index contributed by atoms with van der Waals surface area (Å²) >= 11 is 0. The molecule has 7 nitrogen and oxygen atoms in total. The predicted molar refractivity (Wildman–Crippen MR) is 128 cm³/mol. The van der Waals surface area contributed by atoms with Gasteiger partial charge >= 0.3 is 0 Å². The summed E-state index contributed by atoms with van der Waals surface area (Å²) in [5, 5.41) is 19.7. The standard InChI is InChI=1S/C25H31FN4O3S/c1-3-25(16-31)10-9-19(15-25)12-23-28-24(13-18-6-4-5-17(2)11-18)30(29-23)22-8-7-20(14-21(22)26)34(27,32)33/h4-8,11,14,19,31H,3,9-10,12-13,15-16H2,1-2H3,(H2,27,32,33). The lowest BCUT2D eigenvalue weighted by molar-refractivity contribution is 0.121. The Hall–Kier alpha value is -2.62. The lowest BCUT2D eigenvalue weighted by Gasteiger charge is -2.24.